The molecular weight excluding hydrogens is 641 g/mol. The number of hydrogen-bond acceptors (Lipinski definition) is 5. The van der Waals surface area contributed by atoms with Crippen LogP contribution in [0.2, 0.25) is 0 Å². The molecule has 0 amide bonds. The molecule has 7 rings (SSSR count). The Morgan fingerprint density at radius 1 is 1.00 bits per heavy atom. The van der Waals surface area contributed by atoms with E-state index in [0.29, 0.717) is 25.7 Å². The predicted octanol–water partition coefficient (Wildman–Crippen LogP) is 9.18. The molecule has 7 atom stereocenters. The van der Waals surface area contributed by atoms with Gasteiger partial charge in [0.1, 0.15) is 6.33 Å². The average Bonchev–Trinajstić information content (AvgIpc) is 3.53. The van der Waals surface area contributed by atoms with E-state index in [2.05, 4.69) is 49.4 Å². The van der Waals surface area contributed by atoms with Gasteiger partial charge in [0.25, 0.3) is 0 Å². The number of allylic oxidation sites excluding steroid dienone is 4. The van der Waals surface area contributed by atoms with Crippen LogP contribution in [0.25, 0.3) is 16.1 Å². The zero-order valence-corrected chi connectivity index (χ0v) is 29.9. The minimum absolute atomic E-state index is 0.00890. The minimum atomic E-state index is -4.69. The number of ketones is 2. The molecule has 2 aromatic heterocycles. The molecule has 0 aromatic carbocycles. The third-order valence-electron chi connectivity index (χ3n) is 14.4. The summed E-state index contributed by atoms with van der Waals surface area (Å²) in [5.74, 6) is -1.18. The molecule has 0 saturated heterocycles. The average molecular weight is 687 g/mol. The number of hydrogen-bond donors (Lipinski definition) is 0. The van der Waals surface area contributed by atoms with Crippen molar-refractivity contribution in [2.45, 2.75) is 99.6 Å². The molecular formula is C40H45F3N4O3. The standard InChI is InChI=1S/C40H45F3N4O3/c1-34(2)13-15-39(33(50)47-21-26(46-22-47)23-10-9-17-45-31(23)40(41,42)43)16-14-38(7)30(24(39)19-34)27(48)18-29-36(5)20-25(44-8)32(49)35(3,4)28(36)11-12-37(29,38)6/h9-10,17-18,20-22,24,28,30H,11-16,19H2,1-7H3/t24?,28?,30-,36-,37+,38+,39-/m0/s1. The van der Waals surface area contributed by atoms with E-state index >= 15 is 0 Å². The van der Waals surface area contributed by atoms with Crippen molar-refractivity contribution in [1.82, 2.24) is 14.5 Å². The summed E-state index contributed by atoms with van der Waals surface area (Å²) in [6.45, 7) is 22.6. The number of nitrogens with zero attached hydrogens (tertiary/aromatic N) is 4. The van der Waals surface area contributed by atoms with Crippen molar-refractivity contribution < 1.29 is 27.6 Å². The Kier molecular flexibility index (Phi) is 7.32. The van der Waals surface area contributed by atoms with E-state index in [1.165, 1.54) is 29.2 Å². The first kappa shape index (κ1) is 34.6. The van der Waals surface area contributed by atoms with Crippen LogP contribution in [0.5, 0.6) is 0 Å². The molecule has 2 aromatic rings. The Hall–Kier alpha value is -3.87. The summed E-state index contributed by atoms with van der Waals surface area (Å²) >= 11 is 0. The molecule has 2 heterocycles. The monoisotopic (exact) mass is 686 g/mol. The molecule has 3 saturated carbocycles. The maximum Gasteiger partial charge on any atom is 0.434 e. The number of halogens is 3. The highest BCUT2D eigenvalue weighted by Crippen LogP contribution is 2.74. The smallest absolute Gasteiger partial charge is 0.307 e. The molecule has 0 radical (unpaired) electrons. The van der Waals surface area contributed by atoms with Gasteiger partial charge in [-0.05, 0) is 91.2 Å². The normalized spacial score (nSPS) is 37.3. The molecule has 5 aliphatic carbocycles. The summed E-state index contributed by atoms with van der Waals surface area (Å²) < 4.78 is 42.9. The number of imidazole rings is 1. The number of alkyl halides is 3. The summed E-state index contributed by atoms with van der Waals surface area (Å²) in [7, 11) is 0. The number of rotatable bonds is 2. The van der Waals surface area contributed by atoms with E-state index in [4.69, 9.17) is 6.57 Å². The van der Waals surface area contributed by atoms with Gasteiger partial charge in [0, 0.05) is 34.7 Å². The molecule has 0 N–H and O–H groups in total. The summed E-state index contributed by atoms with van der Waals surface area (Å²) in [6, 6.07) is 2.73. The highest BCUT2D eigenvalue weighted by atomic mass is 19.4. The summed E-state index contributed by atoms with van der Waals surface area (Å²) in [5.41, 5.74) is -3.46. The lowest BCUT2D eigenvalue weighted by Gasteiger charge is -2.69. The first-order chi connectivity index (χ1) is 23.2. The Morgan fingerprint density at radius 2 is 1.70 bits per heavy atom. The van der Waals surface area contributed by atoms with Crippen molar-refractivity contribution in [3.8, 4) is 11.3 Å². The van der Waals surface area contributed by atoms with Gasteiger partial charge >= 0.3 is 6.18 Å². The number of Topliss-reactive ketones (excluding diaryl/α,β-unsaturated/α-hetero) is 1. The van der Waals surface area contributed by atoms with E-state index in [9.17, 15) is 27.6 Å². The van der Waals surface area contributed by atoms with Crippen molar-refractivity contribution in [1.29, 1.82) is 0 Å². The molecule has 10 heteroatoms. The third kappa shape index (κ3) is 4.50. The van der Waals surface area contributed by atoms with Gasteiger partial charge in [-0.3, -0.25) is 19.1 Å². The highest BCUT2D eigenvalue weighted by Gasteiger charge is 2.71. The Labute approximate surface area is 291 Å². The maximum atomic E-state index is 14.8. The molecule has 7 nitrogen and oxygen atoms in total. The molecule has 2 unspecified atom stereocenters. The molecule has 0 bridgehead atoms. The molecule has 0 spiro atoms. The van der Waals surface area contributed by atoms with Gasteiger partial charge in [0.2, 0.25) is 11.6 Å². The van der Waals surface area contributed by atoms with Crippen LogP contribution >= 0.6 is 0 Å². The van der Waals surface area contributed by atoms with Crippen LogP contribution in [-0.4, -0.2) is 32.0 Å². The van der Waals surface area contributed by atoms with Gasteiger partial charge in [-0.15, -0.1) is 0 Å². The largest absolute Gasteiger partial charge is 0.434 e. The van der Waals surface area contributed by atoms with Gasteiger partial charge in [-0.1, -0.05) is 60.1 Å². The lowest BCUT2D eigenvalue weighted by atomic mass is 9.34. The van der Waals surface area contributed by atoms with Crippen LogP contribution in [0.15, 0.2) is 54.3 Å². The SMILES string of the molecule is [C-]#[N+]C1=C[C@]2(C)C3=CC(=O)[C@@H]4C5CC(C)(C)CC[C@]5(C(=O)n5cnc(-c6cccnc6C(F)(F)F)c5)CC[C@@]4(C)[C@]3(C)CCC2C(C)(C)C1=O. The van der Waals surface area contributed by atoms with Gasteiger partial charge < -0.3 is 4.79 Å². The molecule has 264 valence electrons. The Bertz CT molecular complexity index is 1950. The fraction of sp³-hybridized carbons (Fsp3) is 0.600. The summed E-state index contributed by atoms with van der Waals surface area (Å²) in [4.78, 5) is 54.6. The van der Waals surface area contributed by atoms with E-state index in [1.807, 2.05) is 26.0 Å². The molecule has 50 heavy (non-hydrogen) atoms. The van der Waals surface area contributed by atoms with Crippen LogP contribution < -0.4 is 0 Å². The number of carbonyl (C=O) groups excluding carboxylic acids is 3. The van der Waals surface area contributed by atoms with E-state index < -0.39 is 44.9 Å². The topological polar surface area (TPSA) is 86.3 Å². The van der Waals surface area contributed by atoms with Crippen LogP contribution in [0.4, 0.5) is 13.2 Å². The highest BCUT2D eigenvalue weighted by molar-refractivity contribution is 6.03. The van der Waals surface area contributed by atoms with Crippen molar-refractivity contribution in [2.24, 2.45) is 50.2 Å². The third-order valence-corrected chi connectivity index (χ3v) is 14.4. The minimum Gasteiger partial charge on any atom is -0.307 e. The predicted molar refractivity (Wildman–Crippen MR) is 181 cm³/mol. The second kappa shape index (κ2) is 10.6. The van der Waals surface area contributed by atoms with Crippen LogP contribution in [0.1, 0.15) is 104 Å². The second-order valence-electron chi connectivity index (χ2n) is 17.8. The fourth-order valence-corrected chi connectivity index (χ4v) is 11.6. The molecule has 0 aliphatic heterocycles. The van der Waals surface area contributed by atoms with Crippen molar-refractivity contribution in [3.63, 3.8) is 0 Å². The number of aromatic nitrogens is 3. The van der Waals surface area contributed by atoms with Gasteiger partial charge in [0.05, 0.1) is 17.7 Å². The zero-order chi connectivity index (χ0) is 36.4. The van der Waals surface area contributed by atoms with Gasteiger partial charge in [0.15, 0.2) is 17.3 Å². The van der Waals surface area contributed by atoms with Crippen molar-refractivity contribution >= 4 is 17.5 Å². The number of pyridine rings is 1. The first-order valence-electron chi connectivity index (χ1n) is 17.7. The molecule has 3 fully saturated rings. The van der Waals surface area contributed by atoms with Gasteiger partial charge in [-0.2, -0.15) is 13.2 Å². The number of carbonyl (C=O) groups is 3. The number of fused-ring (bicyclic) bond motifs is 7. The fourth-order valence-electron chi connectivity index (χ4n) is 11.6. The molecule has 5 aliphatic rings. The quantitative estimate of drug-likeness (QED) is 0.294. The lowest BCUT2D eigenvalue weighted by molar-refractivity contribution is -0.164. The second-order valence-corrected chi connectivity index (χ2v) is 17.8. The summed E-state index contributed by atoms with van der Waals surface area (Å²) in [6.07, 6.45) is 7.46. The summed E-state index contributed by atoms with van der Waals surface area (Å²) in [5, 5.41) is 0. The van der Waals surface area contributed by atoms with E-state index in [-0.39, 0.29) is 51.7 Å². The zero-order valence-electron chi connectivity index (χ0n) is 29.9. The lowest BCUT2D eigenvalue weighted by Crippen LogP contribution is -2.66. The Balaban J connectivity index is 1.33. The Morgan fingerprint density at radius 3 is 2.38 bits per heavy atom. The van der Waals surface area contributed by atoms with Crippen molar-refractivity contribution in [2.75, 3.05) is 0 Å². The van der Waals surface area contributed by atoms with Crippen molar-refractivity contribution in [3.05, 3.63) is 71.4 Å². The van der Waals surface area contributed by atoms with Gasteiger partial charge in [-0.25, -0.2) is 9.83 Å². The van der Waals surface area contributed by atoms with Crippen LogP contribution in [-0.2, 0) is 15.8 Å². The van der Waals surface area contributed by atoms with Crippen LogP contribution in [0, 0.1) is 56.8 Å². The van der Waals surface area contributed by atoms with E-state index in [1.54, 1.807) is 0 Å². The van der Waals surface area contributed by atoms with E-state index in [0.717, 1.165) is 31.0 Å². The maximum absolute atomic E-state index is 14.8. The van der Waals surface area contributed by atoms with Crippen LogP contribution in [0.3, 0.4) is 0 Å². The first-order valence-corrected chi connectivity index (χ1v) is 17.7.